The van der Waals surface area contributed by atoms with Gasteiger partial charge in [-0.1, -0.05) is 55.5 Å². The van der Waals surface area contributed by atoms with E-state index in [1.165, 1.54) is 0 Å². The van der Waals surface area contributed by atoms with Gasteiger partial charge in [0.1, 0.15) is 0 Å². The number of nitrogens with one attached hydrogen (secondary N) is 1. The third-order valence-electron chi connectivity index (χ3n) is 6.41. The van der Waals surface area contributed by atoms with Crippen molar-refractivity contribution < 1.29 is 9.59 Å². The highest BCUT2D eigenvalue weighted by atomic mass is 16.2. The molecular formula is C26H30N4O2. The van der Waals surface area contributed by atoms with Gasteiger partial charge in [0.25, 0.3) is 5.91 Å². The molecule has 32 heavy (non-hydrogen) atoms. The van der Waals surface area contributed by atoms with Crippen molar-refractivity contribution in [1.82, 2.24) is 20.0 Å². The number of hydrogen-bond donors (Lipinski definition) is 1. The molecule has 0 unspecified atom stereocenters. The Kier molecular flexibility index (Phi) is 6.69. The van der Waals surface area contributed by atoms with E-state index in [9.17, 15) is 9.59 Å². The molecule has 1 aliphatic rings. The van der Waals surface area contributed by atoms with Gasteiger partial charge in [0.15, 0.2) is 0 Å². The summed E-state index contributed by atoms with van der Waals surface area (Å²) in [6, 6.07) is 19.7. The second-order valence-electron chi connectivity index (χ2n) is 8.53. The summed E-state index contributed by atoms with van der Waals surface area (Å²) in [5.74, 6) is 0.310. The molecule has 1 aromatic heterocycles. The Bertz CT molecular complexity index is 1050. The maximum Gasteiger partial charge on any atom is 0.257 e. The Labute approximate surface area is 189 Å². The third kappa shape index (κ3) is 4.90. The number of amides is 2. The standard InChI is InChI=1S/C26H30N4O2/c1-19(25(31)27-17-21-9-5-3-6-10-21)22-13-15-29(16-14-22)26(32)24-18-30(28-20(24)2)23-11-7-4-8-12-23/h3-12,18-19,22H,13-17H2,1-2H3,(H,27,31)/t19-/m0/s1. The Balaban J connectivity index is 1.32. The van der Waals surface area contributed by atoms with Crippen LogP contribution >= 0.6 is 0 Å². The third-order valence-corrected chi connectivity index (χ3v) is 6.41. The molecule has 6 nitrogen and oxygen atoms in total. The van der Waals surface area contributed by atoms with Gasteiger partial charge >= 0.3 is 0 Å². The number of benzene rings is 2. The topological polar surface area (TPSA) is 67.2 Å². The van der Waals surface area contributed by atoms with Gasteiger partial charge in [0, 0.05) is 31.7 Å². The minimum atomic E-state index is -0.0708. The van der Waals surface area contributed by atoms with Crippen molar-refractivity contribution in [3.63, 3.8) is 0 Å². The fourth-order valence-corrected chi connectivity index (χ4v) is 4.32. The molecule has 0 saturated carbocycles. The fourth-order valence-electron chi connectivity index (χ4n) is 4.32. The zero-order valence-electron chi connectivity index (χ0n) is 18.7. The van der Waals surface area contributed by atoms with Crippen molar-refractivity contribution in [1.29, 1.82) is 0 Å². The van der Waals surface area contributed by atoms with E-state index >= 15 is 0 Å². The van der Waals surface area contributed by atoms with E-state index in [-0.39, 0.29) is 23.7 Å². The van der Waals surface area contributed by atoms with Crippen molar-refractivity contribution in [3.05, 3.63) is 83.7 Å². The number of aryl methyl sites for hydroxylation is 1. The molecule has 0 aliphatic carbocycles. The van der Waals surface area contributed by atoms with Gasteiger partial charge in [0.05, 0.1) is 16.9 Å². The summed E-state index contributed by atoms with van der Waals surface area (Å²) >= 11 is 0. The maximum absolute atomic E-state index is 13.1. The molecule has 3 aromatic rings. The van der Waals surface area contributed by atoms with Crippen LogP contribution in [-0.2, 0) is 11.3 Å². The van der Waals surface area contributed by atoms with Gasteiger partial charge in [-0.3, -0.25) is 9.59 Å². The molecule has 1 atom stereocenters. The smallest absolute Gasteiger partial charge is 0.257 e. The van der Waals surface area contributed by atoms with Crippen LogP contribution < -0.4 is 5.32 Å². The lowest BCUT2D eigenvalue weighted by Gasteiger charge is -2.34. The molecular weight excluding hydrogens is 400 g/mol. The van der Waals surface area contributed by atoms with Crippen LogP contribution in [0.15, 0.2) is 66.9 Å². The van der Waals surface area contributed by atoms with Gasteiger partial charge in [-0.15, -0.1) is 0 Å². The molecule has 6 heteroatoms. The Morgan fingerprint density at radius 2 is 1.66 bits per heavy atom. The highest BCUT2D eigenvalue weighted by Gasteiger charge is 2.31. The highest BCUT2D eigenvalue weighted by molar-refractivity contribution is 5.95. The first-order chi connectivity index (χ1) is 15.5. The number of aromatic nitrogens is 2. The molecule has 4 rings (SSSR count). The van der Waals surface area contributed by atoms with E-state index in [0.717, 1.165) is 29.8 Å². The molecule has 1 fully saturated rings. The van der Waals surface area contributed by atoms with E-state index < -0.39 is 0 Å². The molecule has 1 saturated heterocycles. The van der Waals surface area contributed by atoms with Crippen LogP contribution in [-0.4, -0.2) is 39.6 Å². The molecule has 166 valence electrons. The summed E-state index contributed by atoms with van der Waals surface area (Å²) in [7, 11) is 0. The zero-order valence-corrected chi connectivity index (χ0v) is 18.7. The fraction of sp³-hybridized carbons (Fsp3) is 0.346. The maximum atomic E-state index is 13.1. The van der Waals surface area contributed by atoms with E-state index in [1.807, 2.05) is 85.6 Å². The minimum absolute atomic E-state index is 0.0179. The number of piperidine rings is 1. The summed E-state index contributed by atoms with van der Waals surface area (Å²) in [5.41, 5.74) is 3.40. The van der Waals surface area contributed by atoms with Crippen LogP contribution in [0.25, 0.3) is 5.69 Å². The lowest BCUT2D eigenvalue weighted by molar-refractivity contribution is -0.126. The number of likely N-dealkylation sites (tertiary alicyclic amines) is 1. The van der Waals surface area contributed by atoms with Crippen LogP contribution in [0, 0.1) is 18.8 Å². The van der Waals surface area contributed by atoms with Gasteiger partial charge in [-0.05, 0) is 43.4 Å². The second kappa shape index (κ2) is 9.81. The number of carbonyl (C=O) groups is 2. The van der Waals surface area contributed by atoms with Gasteiger partial charge in [-0.2, -0.15) is 5.10 Å². The Hall–Kier alpha value is -3.41. The molecule has 2 heterocycles. The van der Waals surface area contributed by atoms with E-state index in [2.05, 4.69) is 10.4 Å². The summed E-state index contributed by atoms with van der Waals surface area (Å²) in [5, 5.41) is 7.58. The number of hydrogen-bond acceptors (Lipinski definition) is 3. The van der Waals surface area contributed by atoms with Crippen molar-refractivity contribution in [2.24, 2.45) is 11.8 Å². The molecule has 1 N–H and O–H groups in total. The number of carbonyl (C=O) groups excluding carboxylic acids is 2. The molecule has 2 aromatic carbocycles. The lowest BCUT2D eigenvalue weighted by Crippen LogP contribution is -2.42. The zero-order chi connectivity index (χ0) is 22.5. The molecule has 0 bridgehead atoms. The van der Waals surface area contributed by atoms with Crippen LogP contribution in [0.2, 0.25) is 0 Å². The van der Waals surface area contributed by atoms with Crippen molar-refractivity contribution in [2.45, 2.75) is 33.2 Å². The van der Waals surface area contributed by atoms with Crippen LogP contribution in [0.4, 0.5) is 0 Å². The first kappa shape index (κ1) is 21.8. The van der Waals surface area contributed by atoms with Crippen molar-refractivity contribution in [2.75, 3.05) is 13.1 Å². The summed E-state index contributed by atoms with van der Waals surface area (Å²) in [6.45, 7) is 5.74. The summed E-state index contributed by atoms with van der Waals surface area (Å²) in [4.78, 5) is 27.7. The van der Waals surface area contributed by atoms with E-state index in [0.29, 0.717) is 25.2 Å². The Morgan fingerprint density at radius 3 is 2.31 bits per heavy atom. The van der Waals surface area contributed by atoms with E-state index in [4.69, 9.17) is 0 Å². The SMILES string of the molecule is Cc1nn(-c2ccccc2)cc1C(=O)N1CCC([C@H](C)C(=O)NCc2ccccc2)CC1. The predicted molar refractivity (Wildman–Crippen MR) is 124 cm³/mol. The Morgan fingerprint density at radius 1 is 1.03 bits per heavy atom. The van der Waals surface area contributed by atoms with Gasteiger partial charge in [-0.25, -0.2) is 4.68 Å². The minimum Gasteiger partial charge on any atom is -0.352 e. The van der Waals surface area contributed by atoms with E-state index in [1.54, 1.807) is 4.68 Å². The molecule has 1 aliphatic heterocycles. The van der Waals surface area contributed by atoms with Gasteiger partial charge < -0.3 is 10.2 Å². The average molecular weight is 431 g/mol. The predicted octanol–water partition coefficient (Wildman–Crippen LogP) is 3.99. The molecule has 0 spiro atoms. The largest absolute Gasteiger partial charge is 0.352 e. The normalized spacial score (nSPS) is 15.4. The quantitative estimate of drug-likeness (QED) is 0.643. The lowest BCUT2D eigenvalue weighted by atomic mass is 9.84. The first-order valence-electron chi connectivity index (χ1n) is 11.3. The number of para-hydroxylation sites is 1. The second-order valence-corrected chi connectivity index (χ2v) is 8.53. The van der Waals surface area contributed by atoms with Crippen LogP contribution in [0.3, 0.4) is 0 Å². The highest BCUT2D eigenvalue weighted by Crippen LogP contribution is 2.26. The van der Waals surface area contributed by atoms with Crippen molar-refractivity contribution >= 4 is 11.8 Å². The number of nitrogens with zero attached hydrogens (tertiary/aromatic N) is 3. The first-order valence-corrected chi connectivity index (χ1v) is 11.3. The number of rotatable bonds is 6. The average Bonchev–Trinajstić information content (AvgIpc) is 3.24. The molecule has 2 amide bonds. The monoisotopic (exact) mass is 430 g/mol. The van der Waals surface area contributed by atoms with Crippen molar-refractivity contribution in [3.8, 4) is 5.69 Å². The molecule has 0 radical (unpaired) electrons. The van der Waals surface area contributed by atoms with Crippen LogP contribution in [0.1, 0.15) is 41.4 Å². The summed E-state index contributed by atoms with van der Waals surface area (Å²) < 4.78 is 1.76. The summed E-state index contributed by atoms with van der Waals surface area (Å²) in [6.07, 6.45) is 3.48. The van der Waals surface area contributed by atoms with Crippen LogP contribution in [0.5, 0.6) is 0 Å². The van der Waals surface area contributed by atoms with Gasteiger partial charge in [0.2, 0.25) is 5.91 Å².